The Hall–Kier alpha value is -1.64. The van der Waals surface area contributed by atoms with Crippen LogP contribution in [0.4, 0.5) is 0 Å². The van der Waals surface area contributed by atoms with Crippen LogP contribution in [0.3, 0.4) is 0 Å². The molecule has 0 amide bonds. The summed E-state index contributed by atoms with van der Waals surface area (Å²) in [5.41, 5.74) is 1.14. The molecule has 1 heterocycles. The summed E-state index contributed by atoms with van der Waals surface area (Å²) in [6, 6.07) is 20.3. The Kier molecular flexibility index (Phi) is 4.09. The van der Waals surface area contributed by atoms with Crippen LogP contribution in [-0.4, -0.2) is 25.2 Å². The van der Waals surface area contributed by atoms with Gasteiger partial charge >= 0.3 is 0 Å². The molecule has 2 unspecified atom stereocenters. The van der Waals surface area contributed by atoms with Crippen LogP contribution >= 0.6 is 0 Å². The van der Waals surface area contributed by atoms with Crippen molar-refractivity contribution in [3.8, 4) is 0 Å². The topological polar surface area (TPSA) is 24.7 Å². The number of hydrogen-bond donors (Lipinski definition) is 2. The maximum Gasteiger partial charge on any atom is 0.123 e. The second kappa shape index (κ2) is 6.00. The largest absolute Gasteiger partial charge is 0.380 e. The first-order chi connectivity index (χ1) is 10.2. The maximum atomic E-state index is 11.7. The van der Waals surface area contributed by atoms with Gasteiger partial charge in [0, 0.05) is 5.92 Å². The fraction of sp³-hybridized carbons (Fsp3) is 0.368. The van der Waals surface area contributed by atoms with Gasteiger partial charge < -0.3 is 10.0 Å². The van der Waals surface area contributed by atoms with Crippen molar-refractivity contribution >= 4 is 0 Å². The molecule has 1 fully saturated rings. The van der Waals surface area contributed by atoms with E-state index in [0.29, 0.717) is 0 Å². The lowest BCUT2D eigenvalue weighted by Crippen LogP contribution is -3.11. The van der Waals surface area contributed by atoms with Gasteiger partial charge in [0.25, 0.3) is 0 Å². The molecule has 2 aromatic carbocycles. The van der Waals surface area contributed by atoms with E-state index in [4.69, 9.17) is 0 Å². The quantitative estimate of drug-likeness (QED) is 0.882. The molecule has 3 rings (SSSR count). The zero-order chi connectivity index (χ0) is 14.7. The molecule has 1 aliphatic heterocycles. The Labute approximate surface area is 127 Å². The summed E-state index contributed by atoms with van der Waals surface area (Å²) >= 11 is 0. The van der Waals surface area contributed by atoms with Gasteiger partial charge in [0.1, 0.15) is 5.60 Å². The predicted octanol–water partition coefficient (Wildman–Crippen LogP) is 1.85. The molecule has 2 nitrogen and oxygen atoms in total. The van der Waals surface area contributed by atoms with Gasteiger partial charge in [-0.1, -0.05) is 60.7 Å². The fourth-order valence-electron chi connectivity index (χ4n) is 3.65. The minimum absolute atomic E-state index is 0.260. The predicted molar refractivity (Wildman–Crippen MR) is 85.2 cm³/mol. The van der Waals surface area contributed by atoms with Crippen LogP contribution in [-0.2, 0) is 5.60 Å². The Morgan fingerprint density at radius 1 is 0.952 bits per heavy atom. The normalized spacial score (nSPS) is 23.0. The number of piperidine rings is 1. The Bertz CT molecular complexity index is 527. The molecule has 0 spiro atoms. The average Bonchev–Trinajstić information content (AvgIpc) is 2.56. The monoisotopic (exact) mass is 282 g/mol. The smallest absolute Gasteiger partial charge is 0.123 e. The highest BCUT2D eigenvalue weighted by molar-refractivity contribution is 5.37. The second-order valence-corrected chi connectivity index (χ2v) is 6.25. The first-order valence-corrected chi connectivity index (χ1v) is 7.86. The molecule has 1 aliphatic rings. The average molecular weight is 282 g/mol. The first-order valence-electron chi connectivity index (χ1n) is 7.86. The van der Waals surface area contributed by atoms with Crippen LogP contribution < -0.4 is 4.90 Å². The van der Waals surface area contributed by atoms with Crippen molar-refractivity contribution in [1.82, 2.24) is 0 Å². The maximum absolute atomic E-state index is 11.7. The van der Waals surface area contributed by atoms with Crippen molar-refractivity contribution in [2.24, 2.45) is 5.92 Å². The minimum Gasteiger partial charge on any atom is -0.380 e. The van der Waals surface area contributed by atoms with Gasteiger partial charge in [-0.15, -0.1) is 0 Å². The third-order valence-corrected chi connectivity index (χ3v) is 4.77. The summed E-state index contributed by atoms with van der Waals surface area (Å²) in [7, 11) is 2.22. The van der Waals surface area contributed by atoms with Crippen molar-refractivity contribution in [3.05, 3.63) is 71.8 Å². The van der Waals surface area contributed by atoms with Gasteiger partial charge in [0.15, 0.2) is 0 Å². The SMILES string of the molecule is C[NH+]1CCCC(C(O)(c2ccccc2)c2ccccc2)C1. The number of quaternary nitrogens is 1. The van der Waals surface area contributed by atoms with Crippen LogP contribution in [0.5, 0.6) is 0 Å². The molecule has 2 N–H and O–H groups in total. The van der Waals surface area contributed by atoms with E-state index in [1.54, 1.807) is 0 Å². The number of likely N-dealkylation sites (tertiary alicyclic amines) is 1. The molecule has 2 heteroatoms. The van der Waals surface area contributed by atoms with E-state index < -0.39 is 5.60 Å². The molecule has 0 saturated carbocycles. The molecule has 0 radical (unpaired) electrons. The molecule has 0 bridgehead atoms. The van der Waals surface area contributed by atoms with E-state index in [2.05, 4.69) is 31.3 Å². The van der Waals surface area contributed by atoms with Crippen molar-refractivity contribution in [1.29, 1.82) is 0 Å². The molecule has 2 aromatic rings. The molecule has 21 heavy (non-hydrogen) atoms. The molecular weight excluding hydrogens is 258 g/mol. The number of benzene rings is 2. The molecule has 0 aromatic heterocycles. The zero-order valence-electron chi connectivity index (χ0n) is 12.6. The summed E-state index contributed by atoms with van der Waals surface area (Å²) in [5, 5.41) is 11.7. The van der Waals surface area contributed by atoms with Crippen molar-refractivity contribution in [2.75, 3.05) is 20.1 Å². The Balaban J connectivity index is 2.07. The molecular formula is C19H24NO+. The highest BCUT2D eigenvalue weighted by Gasteiger charge is 2.42. The number of aliphatic hydroxyl groups is 1. The van der Waals surface area contributed by atoms with Gasteiger partial charge in [-0.05, 0) is 24.0 Å². The van der Waals surface area contributed by atoms with E-state index >= 15 is 0 Å². The van der Waals surface area contributed by atoms with E-state index in [1.807, 2.05) is 36.4 Å². The van der Waals surface area contributed by atoms with Crippen molar-refractivity contribution < 1.29 is 10.0 Å². The second-order valence-electron chi connectivity index (χ2n) is 6.25. The zero-order valence-corrected chi connectivity index (χ0v) is 12.6. The third kappa shape index (κ3) is 2.74. The van der Waals surface area contributed by atoms with E-state index in [9.17, 15) is 5.11 Å². The van der Waals surface area contributed by atoms with Gasteiger partial charge in [0.2, 0.25) is 0 Å². The van der Waals surface area contributed by atoms with Crippen LogP contribution in [0.15, 0.2) is 60.7 Å². The van der Waals surface area contributed by atoms with Crippen LogP contribution in [0.25, 0.3) is 0 Å². The van der Waals surface area contributed by atoms with Crippen LogP contribution in [0, 0.1) is 5.92 Å². The van der Waals surface area contributed by atoms with Gasteiger partial charge in [-0.3, -0.25) is 0 Å². The summed E-state index contributed by atoms with van der Waals surface area (Å²) in [6.07, 6.45) is 2.26. The van der Waals surface area contributed by atoms with Gasteiger partial charge in [-0.2, -0.15) is 0 Å². The van der Waals surface area contributed by atoms with Crippen molar-refractivity contribution in [3.63, 3.8) is 0 Å². The van der Waals surface area contributed by atoms with E-state index in [1.165, 1.54) is 17.9 Å². The highest BCUT2D eigenvalue weighted by atomic mass is 16.3. The Morgan fingerprint density at radius 3 is 1.95 bits per heavy atom. The van der Waals surface area contributed by atoms with E-state index in [0.717, 1.165) is 24.1 Å². The first kappa shape index (κ1) is 14.3. The molecule has 0 aliphatic carbocycles. The lowest BCUT2D eigenvalue weighted by atomic mass is 9.73. The summed E-state index contributed by atoms with van der Waals surface area (Å²) in [5.74, 6) is 0.260. The van der Waals surface area contributed by atoms with Gasteiger partial charge in [-0.25, -0.2) is 0 Å². The number of hydrogen-bond acceptors (Lipinski definition) is 1. The van der Waals surface area contributed by atoms with Crippen LogP contribution in [0.1, 0.15) is 24.0 Å². The number of nitrogens with one attached hydrogen (secondary N) is 1. The highest BCUT2D eigenvalue weighted by Crippen LogP contribution is 2.39. The third-order valence-electron chi connectivity index (χ3n) is 4.77. The lowest BCUT2D eigenvalue weighted by molar-refractivity contribution is -0.889. The number of rotatable bonds is 3. The summed E-state index contributed by atoms with van der Waals surface area (Å²) in [6.45, 7) is 2.22. The summed E-state index contributed by atoms with van der Waals surface area (Å²) < 4.78 is 0. The summed E-state index contributed by atoms with van der Waals surface area (Å²) in [4.78, 5) is 1.51. The minimum atomic E-state index is -0.885. The Morgan fingerprint density at radius 2 is 1.48 bits per heavy atom. The molecule has 110 valence electrons. The lowest BCUT2D eigenvalue weighted by Gasteiger charge is -2.40. The molecule has 1 saturated heterocycles. The fourth-order valence-corrected chi connectivity index (χ4v) is 3.65. The van der Waals surface area contributed by atoms with Crippen molar-refractivity contribution in [2.45, 2.75) is 18.4 Å². The van der Waals surface area contributed by atoms with Crippen LogP contribution in [0.2, 0.25) is 0 Å². The van der Waals surface area contributed by atoms with E-state index in [-0.39, 0.29) is 5.92 Å². The molecule has 2 atom stereocenters. The standard InChI is InChI=1S/C19H23NO/c1-20-14-8-13-18(15-20)19(21,16-9-4-2-5-10-16)17-11-6-3-7-12-17/h2-7,9-12,18,21H,8,13-15H2,1H3/p+1. The van der Waals surface area contributed by atoms with Gasteiger partial charge in [0.05, 0.1) is 20.1 Å².